The fourth-order valence-electron chi connectivity index (χ4n) is 1.24. The Hall–Kier alpha value is -1.36. The van der Waals surface area contributed by atoms with Gasteiger partial charge in [-0.05, 0) is 38.1 Å². The lowest BCUT2D eigenvalue weighted by molar-refractivity contribution is 0.415. The molecule has 4 nitrogen and oxygen atoms in total. The fraction of sp³-hybridized carbons (Fsp3) is 0.364. The van der Waals surface area contributed by atoms with E-state index in [1.165, 1.54) is 0 Å². The summed E-state index contributed by atoms with van der Waals surface area (Å²) < 4.78 is 20.8. The Morgan fingerprint density at radius 1 is 1.31 bits per heavy atom. The van der Waals surface area contributed by atoms with Gasteiger partial charge in [0.1, 0.15) is 5.75 Å². The number of nitrogens with zero attached hydrogens (tertiary/aromatic N) is 1. The molecule has 86 valence electrons. The number of rotatable bonds is 2. The highest BCUT2D eigenvalue weighted by Crippen LogP contribution is 2.31. The second-order valence-corrected chi connectivity index (χ2v) is 5.60. The first-order valence-electron chi connectivity index (χ1n) is 4.87. The molecule has 1 unspecified atom stereocenters. The van der Waals surface area contributed by atoms with Crippen LogP contribution in [0.25, 0.3) is 0 Å². The van der Waals surface area contributed by atoms with E-state index in [1.54, 1.807) is 7.11 Å². The summed E-state index contributed by atoms with van der Waals surface area (Å²) in [4.78, 5) is 4.29. The summed E-state index contributed by atoms with van der Waals surface area (Å²) in [5, 5.41) is 0. The van der Waals surface area contributed by atoms with Gasteiger partial charge in [-0.15, -0.1) is 0 Å². The number of aliphatic imine (C=N–C) groups is 1. The average molecular weight is 239 g/mol. The van der Waals surface area contributed by atoms with Crippen LogP contribution in [0.15, 0.2) is 29.3 Å². The van der Waals surface area contributed by atoms with Gasteiger partial charge in [0, 0.05) is 0 Å². The van der Waals surface area contributed by atoms with Crippen molar-refractivity contribution >= 4 is 22.7 Å². The average Bonchev–Trinajstić information content (AvgIpc) is 2.29. The first-order valence-corrected chi connectivity index (χ1v) is 5.95. The lowest BCUT2D eigenvalue weighted by Gasteiger charge is -2.33. The Morgan fingerprint density at radius 3 is 2.38 bits per heavy atom. The first-order chi connectivity index (χ1) is 7.54. The van der Waals surface area contributed by atoms with Crippen molar-refractivity contribution in [1.29, 1.82) is 0 Å². The highest BCUT2D eigenvalue weighted by molar-refractivity contribution is 7.85. The van der Waals surface area contributed by atoms with E-state index in [1.807, 2.05) is 38.1 Å². The molecule has 0 radical (unpaired) electrons. The van der Waals surface area contributed by atoms with Crippen LogP contribution in [0, 0.1) is 0 Å². The van der Waals surface area contributed by atoms with E-state index in [0.29, 0.717) is 5.90 Å². The largest absolute Gasteiger partial charge is 0.497 e. The van der Waals surface area contributed by atoms with Gasteiger partial charge in [-0.1, -0.05) is 0 Å². The zero-order chi connectivity index (χ0) is 11.8. The van der Waals surface area contributed by atoms with Crippen LogP contribution in [0.4, 0.5) is 5.69 Å². The van der Waals surface area contributed by atoms with Crippen molar-refractivity contribution in [2.24, 2.45) is 4.99 Å². The second kappa shape index (κ2) is 3.90. The van der Waals surface area contributed by atoms with Crippen LogP contribution >= 0.6 is 0 Å². The zero-order valence-corrected chi connectivity index (χ0v) is 10.2. The fourth-order valence-corrected chi connectivity index (χ4v) is 1.95. The molecule has 0 N–H and O–H groups in total. The predicted octanol–water partition coefficient (Wildman–Crippen LogP) is 2.20. The second-order valence-electron chi connectivity index (χ2n) is 3.94. The summed E-state index contributed by atoms with van der Waals surface area (Å²) in [6, 6.07) is 7.29. The van der Waals surface area contributed by atoms with Crippen LogP contribution < -0.4 is 4.74 Å². The quantitative estimate of drug-likeness (QED) is 0.795. The smallest absolute Gasteiger partial charge is 0.229 e. The molecule has 1 saturated heterocycles. The summed E-state index contributed by atoms with van der Waals surface area (Å²) in [5.74, 6) is 1.29. The van der Waals surface area contributed by atoms with E-state index < -0.39 is 15.8 Å². The molecule has 1 atom stereocenters. The molecule has 1 aliphatic heterocycles. The van der Waals surface area contributed by atoms with Crippen LogP contribution in [-0.4, -0.2) is 22.0 Å². The van der Waals surface area contributed by atoms with Crippen molar-refractivity contribution in [3.8, 4) is 5.75 Å². The summed E-state index contributed by atoms with van der Waals surface area (Å²) in [5.41, 5.74) is 0.764. The summed E-state index contributed by atoms with van der Waals surface area (Å²) >= 11 is -1.27. The predicted molar refractivity (Wildman–Crippen MR) is 63.4 cm³/mol. The van der Waals surface area contributed by atoms with Crippen LogP contribution in [-0.2, 0) is 15.3 Å². The molecule has 0 saturated carbocycles. The van der Waals surface area contributed by atoms with Gasteiger partial charge in [-0.25, -0.2) is 9.20 Å². The van der Waals surface area contributed by atoms with Crippen LogP contribution in [0.2, 0.25) is 0 Å². The van der Waals surface area contributed by atoms with E-state index in [9.17, 15) is 4.21 Å². The third-order valence-corrected chi connectivity index (χ3v) is 3.71. The van der Waals surface area contributed by atoms with Crippen molar-refractivity contribution in [1.82, 2.24) is 0 Å². The molecular formula is C11H13NO3S. The standard InChI is InChI=1S/C11H13NO3S/c1-11(2)10(15-16(11)13)12-8-4-6-9(14-3)7-5-8/h4-7H,1-3H3. The maximum absolute atomic E-state index is 11.2. The van der Waals surface area contributed by atoms with Gasteiger partial charge in [0.25, 0.3) is 0 Å². The van der Waals surface area contributed by atoms with Gasteiger partial charge >= 0.3 is 0 Å². The number of hydrogen-bond acceptors (Lipinski definition) is 4. The maximum atomic E-state index is 11.2. The molecule has 2 rings (SSSR count). The number of ether oxygens (including phenoxy) is 1. The van der Waals surface area contributed by atoms with Crippen LogP contribution in [0.1, 0.15) is 13.8 Å². The Labute approximate surface area is 97.0 Å². The third kappa shape index (κ3) is 1.82. The Kier molecular flexibility index (Phi) is 2.71. The SMILES string of the molecule is COc1ccc(N=C2OS(=O)C2(C)C)cc1. The molecule has 1 aromatic rings. The molecule has 1 aromatic carbocycles. The molecule has 0 amide bonds. The molecule has 0 aromatic heterocycles. The van der Waals surface area contributed by atoms with Crippen molar-refractivity contribution in [2.45, 2.75) is 18.6 Å². The number of hydrogen-bond donors (Lipinski definition) is 0. The summed E-state index contributed by atoms with van der Waals surface area (Å²) in [6.45, 7) is 3.68. The van der Waals surface area contributed by atoms with Crippen molar-refractivity contribution < 1.29 is 13.1 Å². The van der Waals surface area contributed by atoms with Gasteiger partial charge in [-0.2, -0.15) is 0 Å². The van der Waals surface area contributed by atoms with Crippen molar-refractivity contribution in [2.75, 3.05) is 7.11 Å². The molecule has 1 aliphatic rings. The molecular weight excluding hydrogens is 226 g/mol. The summed E-state index contributed by atoms with van der Waals surface area (Å²) in [7, 11) is 1.61. The van der Waals surface area contributed by atoms with E-state index in [2.05, 4.69) is 4.99 Å². The Morgan fingerprint density at radius 2 is 1.94 bits per heavy atom. The minimum absolute atomic E-state index is 0.486. The molecule has 5 heteroatoms. The van der Waals surface area contributed by atoms with Gasteiger partial charge in [0.2, 0.25) is 17.0 Å². The molecule has 1 fully saturated rings. The zero-order valence-electron chi connectivity index (χ0n) is 9.39. The van der Waals surface area contributed by atoms with Gasteiger partial charge in [-0.3, -0.25) is 0 Å². The minimum atomic E-state index is -1.27. The van der Waals surface area contributed by atoms with Gasteiger partial charge in [0.05, 0.1) is 12.8 Å². The first kappa shape index (κ1) is 11.1. The summed E-state index contributed by atoms with van der Waals surface area (Å²) in [6.07, 6.45) is 0. The number of benzene rings is 1. The van der Waals surface area contributed by atoms with E-state index in [-0.39, 0.29) is 0 Å². The molecule has 0 aliphatic carbocycles. The van der Waals surface area contributed by atoms with Gasteiger partial charge < -0.3 is 8.92 Å². The molecule has 0 spiro atoms. The Balaban J connectivity index is 2.21. The highest BCUT2D eigenvalue weighted by atomic mass is 32.2. The number of methoxy groups -OCH3 is 1. The van der Waals surface area contributed by atoms with Gasteiger partial charge in [0.15, 0.2) is 4.75 Å². The molecule has 1 heterocycles. The van der Waals surface area contributed by atoms with Crippen molar-refractivity contribution in [3.05, 3.63) is 24.3 Å². The topological polar surface area (TPSA) is 47.9 Å². The van der Waals surface area contributed by atoms with E-state index in [4.69, 9.17) is 8.92 Å². The van der Waals surface area contributed by atoms with Crippen LogP contribution in [0.5, 0.6) is 5.75 Å². The third-order valence-electron chi connectivity index (χ3n) is 2.39. The Bertz CT molecular complexity index is 451. The van der Waals surface area contributed by atoms with E-state index >= 15 is 0 Å². The lowest BCUT2D eigenvalue weighted by atomic mass is 10.2. The van der Waals surface area contributed by atoms with Crippen molar-refractivity contribution in [3.63, 3.8) is 0 Å². The highest BCUT2D eigenvalue weighted by Gasteiger charge is 2.47. The van der Waals surface area contributed by atoms with Crippen LogP contribution in [0.3, 0.4) is 0 Å². The minimum Gasteiger partial charge on any atom is -0.497 e. The maximum Gasteiger partial charge on any atom is 0.229 e. The van der Waals surface area contributed by atoms with E-state index in [0.717, 1.165) is 11.4 Å². The normalized spacial score (nSPS) is 24.7. The molecule has 16 heavy (non-hydrogen) atoms. The lowest BCUT2D eigenvalue weighted by Crippen LogP contribution is -2.50. The molecule has 0 bridgehead atoms. The monoisotopic (exact) mass is 239 g/mol.